The maximum Gasteiger partial charge on any atom is 0.247 e. The summed E-state index contributed by atoms with van der Waals surface area (Å²) in [5.41, 5.74) is 2.20. The molecule has 0 radical (unpaired) electrons. The summed E-state index contributed by atoms with van der Waals surface area (Å²) in [5, 5.41) is 7.09. The highest BCUT2D eigenvalue weighted by Crippen LogP contribution is 2.44. The van der Waals surface area contributed by atoms with Crippen molar-refractivity contribution in [3.05, 3.63) is 59.7 Å². The maximum absolute atomic E-state index is 15.3. The SMILES string of the molecule is Cc1cc(Nc2ncn(-c3cc(F)cc(F)c3)n2)c(F)c(N2CC3(C2)CN(C(C)C)C3)c1. The van der Waals surface area contributed by atoms with Crippen LogP contribution in [0.4, 0.5) is 30.5 Å². The van der Waals surface area contributed by atoms with Crippen molar-refractivity contribution in [1.29, 1.82) is 0 Å². The molecule has 32 heavy (non-hydrogen) atoms. The van der Waals surface area contributed by atoms with Crippen LogP contribution in [0.2, 0.25) is 0 Å². The Kier molecular flexibility index (Phi) is 4.88. The lowest BCUT2D eigenvalue weighted by Crippen LogP contribution is -2.73. The molecule has 1 aromatic heterocycles. The minimum atomic E-state index is -0.713. The highest BCUT2D eigenvalue weighted by Gasteiger charge is 2.52. The number of aromatic nitrogens is 3. The Morgan fingerprint density at radius 3 is 2.31 bits per heavy atom. The number of nitrogens with one attached hydrogen (secondary N) is 1. The van der Waals surface area contributed by atoms with Crippen LogP contribution >= 0.6 is 0 Å². The van der Waals surface area contributed by atoms with Crippen molar-refractivity contribution >= 4 is 17.3 Å². The van der Waals surface area contributed by atoms with Crippen LogP contribution < -0.4 is 10.2 Å². The molecule has 1 spiro atoms. The number of hydrogen-bond acceptors (Lipinski definition) is 5. The van der Waals surface area contributed by atoms with Gasteiger partial charge in [0.15, 0.2) is 5.82 Å². The molecule has 2 saturated heterocycles. The molecular formula is C23H25F3N6. The third-order valence-electron chi connectivity index (χ3n) is 6.25. The van der Waals surface area contributed by atoms with Crippen molar-refractivity contribution in [2.75, 3.05) is 36.4 Å². The fourth-order valence-electron chi connectivity index (χ4n) is 4.62. The van der Waals surface area contributed by atoms with Crippen molar-refractivity contribution in [2.24, 2.45) is 5.41 Å². The molecule has 0 atom stereocenters. The Bertz CT molecular complexity index is 1140. The summed E-state index contributed by atoms with van der Waals surface area (Å²) in [5.74, 6) is -1.65. The Balaban J connectivity index is 1.33. The van der Waals surface area contributed by atoms with E-state index in [1.165, 1.54) is 11.0 Å². The van der Waals surface area contributed by atoms with Gasteiger partial charge in [-0.3, -0.25) is 4.90 Å². The largest absolute Gasteiger partial charge is 0.368 e. The summed E-state index contributed by atoms with van der Waals surface area (Å²) >= 11 is 0. The van der Waals surface area contributed by atoms with Crippen LogP contribution in [-0.2, 0) is 0 Å². The third kappa shape index (κ3) is 3.70. The summed E-state index contributed by atoms with van der Waals surface area (Å²) in [7, 11) is 0. The van der Waals surface area contributed by atoms with E-state index in [0.29, 0.717) is 11.7 Å². The first-order chi connectivity index (χ1) is 15.2. The zero-order chi connectivity index (χ0) is 22.6. The first-order valence-corrected chi connectivity index (χ1v) is 10.7. The number of hydrogen-bond donors (Lipinski definition) is 1. The second-order valence-corrected chi connectivity index (χ2v) is 9.27. The number of nitrogens with zero attached hydrogens (tertiary/aromatic N) is 5. The number of likely N-dealkylation sites (tertiary alicyclic amines) is 1. The fourth-order valence-corrected chi connectivity index (χ4v) is 4.62. The van der Waals surface area contributed by atoms with Gasteiger partial charge in [-0.15, -0.1) is 5.10 Å². The highest BCUT2D eigenvalue weighted by atomic mass is 19.1. The molecular weight excluding hydrogens is 417 g/mol. The molecule has 9 heteroatoms. The molecule has 0 amide bonds. The van der Waals surface area contributed by atoms with Gasteiger partial charge < -0.3 is 10.2 Å². The average Bonchev–Trinajstić information content (AvgIpc) is 3.10. The summed E-state index contributed by atoms with van der Waals surface area (Å²) in [6.07, 6.45) is 1.32. The molecule has 0 unspecified atom stereocenters. The Morgan fingerprint density at radius 2 is 1.66 bits per heavy atom. The zero-order valence-corrected chi connectivity index (χ0v) is 18.2. The third-order valence-corrected chi connectivity index (χ3v) is 6.25. The second-order valence-electron chi connectivity index (χ2n) is 9.27. The van der Waals surface area contributed by atoms with Gasteiger partial charge in [0.25, 0.3) is 0 Å². The van der Waals surface area contributed by atoms with Crippen LogP contribution in [0.3, 0.4) is 0 Å². The summed E-state index contributed by atoms with van der Waals surface area (Å²) < 4.78 is 43.6. The molecule has 6 nitrogen and oxygen atoms in total. The van der Waals surface area contributed by atoms with Gasteiger partial charge in [-0.25, -0.2) is 17.9 Å². The Labute approximate surface area is 184 Å². The molecule has 168 valence electrons. The number of aryl methyl sites for hydroxylation is 1. The molecule has 2 aromatic carbocycles. The smallest absolute Gasteiger partial charge is 0.247 e. The molecule has 0 aliphatic carbocycles. The van der Waals surface area contributed by atoms with Crippen LogP contribution in [0, 0.1) is 29.8 Å². The van der Waals surface area contributed by atoms with Gasteiger partial charge >= 0.3 is 0 Å². The van der Waals surface area contributed by atoms with Crippen LogP contribution in [0.5, 0.6) is 0 Å². The van der Waals surface area contributed by atoms with E-state index in [2.05, 4.69) is 39.0 Å². The predicted octanol–water partition coefficient (Wildman–Crippen LogP) is 4.27. The second kappa shape index (κ2) is 7.51. The number of anilines is 3. The topological polar surface area (TPSA) is 49.2 Å². The lowest BCUT2D eigenvalue weighted by molar-refractivity contribution is -0.0413. The minimum Gasteiger partial charge on any atom is -0.368 e. The fraction of sp³-hybridized carbons (Fsp3) is 0.391. The van der Waals surface area contributed by atoms with Crippen LogP contribution in [-0.4, -0.2) is 51.9 Å². The van der Waals surface area contributed by atoms with Crippen LogP contribution in [0.15, 0.2) is 36.7 Å². The minimum absolute atomic E-state index is 0.136. The van der Waals surface area contributed by atoms with Gasteiger partial charge in [0.2, 0.25) is 5.95 Å². The molecule has 3 heterocycles. The number of rotatable bonds is 5. The summed E-state index contributed by atoms with van der Waals surface area (Å²) in [4.78, 5) is 8.62. The predicted molar refractivity (Wildman–Crippen MR) is 117 cm³/mol. The monoisotopic (exact) mass is 442 g/mol. The molecule has 5 rings (SSSR count). The molecule has 0 saturated carbocycles. The number of halogens is 3. The molecule has 2 aliphatic rings. The van der Waals surface area contributed by atoms with E-state index in [4.69, 9.17) is 0 Å². The van der Waals surface area contributed by atoms with Crippen molar-refractivity contribution in [3.8, 4) is 5.69 Å². The van der Waals surface area contributed by atoms with Gasteiger partial charge in [0.1, 0.15) is 18.0 Å². The van der Waals surface area contributed by atoms with Crippen LogP contribution in [0.1, 0.15) is 19.4 Å². The van der Waals surface area contributed by atoms with Crippen LogP contribution in [0.25, 0.3) is 5.69 Å². The highest BCUT2D eigenvalue weighted by molar-refractivity contribution is 5.66. The molecule has 2 aliphatic heterocycles. The van der Waals surface area contributed by atoms with Gasteiger partial charge in [-0.2, -0.15) is 4.98 Å². The normalized spacial score (nSPS) is 17.5. The lowest BCUT2D eigenvalue weighted by Gasteiger charge is -2.62. The standard InChI is InChI=1S/C23H25F3N6/c1-14(2)30-9-23(10-30)11-31(12-23)20-5-15(3)4-19(21(20)26)28-22-27-13-32(29-22)18-7-16(24)6-17(25)8-18/h4-8,13-14H,9-12H2,1-3H3,(H,28,29). The molecule has 2 fully saturated rings. The molecule has 0 bridgehead atoms. The Hall–Kier alpha value is -3.07. The van der Waals surface area contributed by atoms with Crippen molar-refractivity contribution in [3.63, 3.8) is 0 Å². The van der Waals surface area contributed by atoms with Gasteiger partial charge in [0, 0.05) is 43.7 Å². The van der Waals surface area contributed by atoms with E-state index >= 15 is 4.39 Å². The summed E-state index contributed by atoms with van der Waals surface area (Å²) in [6.45, 7) is 10.1. The quantitative estimate of drug-likeness (QED) is 0.640. The van der Waals surface area contributed by atoms with Crippen molar-refractivity contribution < 1.29 is 13.2 Å². The number of benzene rings is 2. The van der Waals surface area contributed by atoms with E-state index in [1.807, 2.05) is 13.0 Å². The average molecular weight is 442 g/mol. The maximum atomic E-state index is 15.3. The van der Waals surface area contributed by atoms with E-state index in [9.17, 15) is 8.78 Å². The zero-order valence-electron chi connectivity index (χ0n) is 18.2. The van der Waals surface area contributed by atoms with E-state index in [1.54, 1.807) is 6.07 Å². The van der Waals surface area contributed by atoms with Gasteiger partial charge in [-0.05, 0) is 50.6 Å². The lowest BCUT2D eigenvalue weighted by atomic mass is 9.72. The van der Waals surface area contributed by atoms with E-state index in [-0.39, 0.29) is 28.6 Å². The first kappa shape index (κ1) is 20.8. The first-order valence-electron chi connectivity index (χ1n) is 10.7. The van der Waals surface area contributed by atoms with Crippen molar-refractivity contribution in [1.82, 2.24) is 19.7 Å². The van der Waals surface area contributed by atoms with E-state index in [0.717, 1.165) is 49.9 Å². The van der Waals surface area contributed by atoms with Crippen molar-refractivity contribution in [2.45, 2.75) is 26.8 Å². The van der Waals surface area contributed by atoms with Gasteiger partial charge in [0.05, 0.1) is 17.1 Å². The molecule has 3 aromatic rings. The summed E-state index contributed by atoms with van der Waals surface area (Å²) in [6, 6.07) is 7.17. The Morgan fingerprint density at radius 1 is 0.969 bits per heavy atom. The van der Waals surface area contributed by atoms with E-state index < -0.39 is 11.6 Å². The molecule has 1 N–H and O–H groups in total. The van der Waals surface area contributed by atoms with Gasteiger partial charge in [-0.1, -0.05) is 0 Å².